The van der Waals surface area contributed by atoms with Gasteiger partial charge in [-0.3, -0.25) is 9.88 Å². The first-order chi connectivity index (χ1) is 15.6. The minimum Gasteiger partial charge on any atom is -0.487 e. The van der Waals surface area contributed by atoms with E-state index in [9.17, 15) is 8.42 Å². The highest BCUT2D eigenvalue weighted by Crippen LogP contribution is 2.37. The van der Waals surface area contributed by atoms with Crippen LogP contribution < -0.4 is 4.74 Å². The van der Waals surface area contributed by atoms with E-state index in [0.29, 0.717) is 18.7 Å². The van der Waals surface area contributed by atoms with Gasteiger partial charge in [0.15, 0.2) is 0 Å². The molecule has 2 aliphatic rings. The molecule has 0 radical (unpaired) electrons. The van der Waals surface area contributed by atoms with E-state index in [2.05, 4.69) is 9.88 Å². The molecular weight excluding hydrogens is 422 g/mol. The predicted octanol–water partition coefficient (Wildman–Crippen LogP) is 3.70. The standard InChI is InChI=1S/C25H27N3O3S/c29-32(30)25-12-5-4-11-24(25)31-23-14-17-27(19-21-10-6-7-15-26-21)16-13-22(23)28(32)18-20-8-2-1-3-9-20/h1-12,15,22-23H,13-14,16-19H2/t22-,23-/m0/s1. The summed E-state index contributed by atoms with van der Waals surface area (Å²) in [4.78, 5) is 7.06. The lowest BCUT2D eigenvalue weighted by atomic mass is 10.1. The summed E-state index contributed by atoms with van der Waals surface area (Å²) < 4.78 is 35.6. The van der Waals surface area contributed by atoms with Crippen molar-refractivity contribution in [3.63, 3.8) is 0 Å². The van der Waals surface area contributed by atoms with E-state index in [1.807, 2.05) is 60.8 Å². The fourth-order valence-corrected chi connectivity index (χ4v) is 6.44. The summed E-state index contributed by atoms with van der Waals surface area (Å²) in [6, 6.07) is 22.5. The highest BCUT2D eigenvalue weighted by Gasteiger charge is 2.43. The van der Waals surface area contributed by atoms with Crippen molar-refractivity contribution >= 4 is 10.0 Å². The number of sulfonamides is 1. The average Bonchev–Trinajstić information content (AvgIpc) is 3.05. The Labute approximate surface area is 189 Å². The molecule has 5 rings (SSSR count). The normalized spacial score (nSPS) is 23.2. The second-order valence-corrected chi connectivity index (χ2v) is 10.2. The smallest absolute Gasteiger partial charge is 0.247 e. The van der Waals surface area contributed by atoms with Crippen LogP contribution in [0.4, 0.5) is 0 Å². The van der Waals surface area contributed by atoms with E-state index in [1.165, 1.54) is 0 Å². The lowest BCUT2D eigenvalue weighted by Crippen LogP contribution is -2.46. The van der Waals surface area contributed by atoms with Gasteiger partial charge in [0.2, 0.25) is 10.0 Å². The van der Waals surface area contributed by atoms with Crippen LogP contribution in [0.5, 0.6) is 5.75 Å². The Morgan fingerprint density at radius 1 is 0.875 bits per heavy atom. The number of ether oxygens (including phenoxy) is 1. The molecule has 0 aliphatic carbocycles. The number of hydrogen-bond acceptors (Lipinski definition) is 5. The molecule has 2 atom stereocenters. The van der Waals surface area contributed by atoms with Crippen LogP contribution in [-0.4, -0.2) is 47.8 Å². The van der Waals surface area contributed by atoms with Crippen LogP contribution in [0.3, 0.4) is 0 Å². The predicted molar refractivity (Wildman–Crippen MR) is 123 cm³/mol. The van der Waals surface area contributed by atoms with Crippen molar-refractivity contribution < 1.29 is 13.2 Å². The quantitative estimate of drug-likeness (QED) is 0.608. The van der Waals surface area contributed by atoms with Crippen LogP contribution in [0, 0.1) is 0 Å². The Balaban J connectivity index is 1.47. The van der Waals surface area contributed by atoms with Gasteiger partial charge in [-0.05, 0) is 42.7 Å². The Bertz CT molecular complexity index is 1160. The zero-order valence-electron chi connectivity index (χ0n) is 17.9. The maximum Gasteiger partial charge on any atom is 0.247 e. The minimum atomic E-state index is -3.70. The van der Waals surface area contributed by atoms with Gasteiger partial charge >= 0.3 is 0 Å². The molecule has 6 nitrogen and oxygen atoms in total. The number of hydrogen-bond donors (Lipinski definition) is 0. The van der Waals surface area contributed by atoms with Gasteiger partial charge in [-0.25, -0.2) is 8.42 Å². The van der Waals surface area contributed by atoms with E-state index < -0.39 is 10.0 Å². The molecule has 0 saturated carbocycles. The Morgan fingerprint density at radius 3 is 2.44 bits per heavy atom. The molecule has 2 aliphatic heterocycles. The molecule has 0 amide bonds. The fourth-order valence-electron chi connectivity index (χ4n) is 4.65. The summed E-state index contributed by atoms with van der Waals surface area (Å²) >= 11 is 0. The molecule has 1 saturated heterocycles. The fraction of sp³-hybridized carbons (Fsp3) is 0.320. The SMILES string of the molecule is O=S1(=O)c2ccccc2O[C@H]2CCN(Cc3ccccn3)CC[C@@H]2N1Cc1ccccc1. The number of para-hydroxylation sites is 1. The van der Waals surface area contributed by atoms with Gasteiger partial charge in [0, 0.05) is 32.4 Å². The van der Waals surface area contributed by atoms with Crippen LogP contribution in [-0.2, 0) is 23.1 Å². The van der Waals surface area contributed by atoms with Gasteiger partial charge in [-0.1, -0.05) is 48.5 Å². The summed E-state index contributed by atoms with van der Waals surface area (Å²) in [6.07, 6.45) is 3.07. The largest absolute Gasteiger partial charge is 0.487 e. The highest BCUT2D eigenvalue weighted by atomic mass is 32.2. The van der Waals surface area contributed by atoms with Crippen LogP contribution in [0.1, 0.15) is 24.1 Å². The minimum absolute atomic E-state index is 0.203. The Hall–Kier alpha value is -2.74. The van der Waals surface area contributed by atoms with Gasteiger partial charge in [0.05, 0.1) is 11.7 Å². The number of fused-ring (bicyclic) bond motifs is 2. The molecule has 0 unspecified atom stereocenters. The second-order valence-electron chi connectivity index (χ2n) is 8.38. The van der Waals surface area contributed by atoms with Crippen molar-refractivity contribution in [3.8, 4) is 5.75 Å². The molecule has 2 aromatic carbocycles. The summed E-state index contributed by atoms with van der Waals surface area (Å²) in [5.41, 5.74) is 2.00. The number of rotatable bonds is 4. The molecule has 1 fully saturated rings. The lowest BCUT2D eigenvalue weighted by molar-refractivity contribution is 0.110. The molecule has 166 valence electrons. The molecule has 0 spiro atoms. The molecule has 3 heterocycles. The third-order valence-corrected chi connectivity index (χ3v) is 8.19. The van der Waals surface area contributed by atoms with E-state index >= 15 is 0 Å². The average molecular weight is 450 g/mol. The van der Waals surface area contributed by atoms with Crippen molar-refractivity contribution in [2.75, 3.05) is 13.1 Å². The molecule has 7 heteroatoms. The zero-order chi connectivity index (χ0) is 22.0. The number of benzene rings is 2. The monoisotopic (exact) mass is 449 g/mol. The van der Waals surface area contributed by atoms with E-state index in [1.54, 1.807) is 22.5 Å². The zero-order valence-corrected chi connectivity index (χ0v) is 18.7. The van der Waals surface area contributed by atoms with Gasteiger partial charge in [-0.2, -0.15) is 4.31 Å². The number of likely N-dealkylation sites (tertiary alicyclic amines) is 1. The third-order valence-electron chi connectivity index (χ3n) is 6.28. The first-order valence-electron chi connectivity index (χ1n) is 11.0. The highest BCUT2D eigenvalue weighted by molar-refractivity contribution is 7.89. The molecule has 0 N–H and O–H groups in total. The van der Waals surface area contributed by atoms with Crippen LogP contribution in [0.2, 0.25) is 0 Å². The summed E-state index contributed by atoms with van der Waals surface area (Å²) in [7, 11) is -3.70. The third kappa shape index (κ3) is 4.28. The topological polar surface area (TPSA) is 62.7 Å². The summed E-state index contributed by atoms with van der Waals surface area (Å²) in [6.45, 7) is 2.71. The molecule has 32 heavy (non-hydrogen) atoms. The van der Waals surface area contributed by atoms with Crippen LogP contribution >= 0.6 is 0 Å². The first kappa shape index (κ1) is 21.1. The Kier molecular flexibility index (Phi) is 5.95. The Morgan fingerprint density at radius 2 is 1.62 bits per heavy atom. The van der Waals surface area contributed by atoms with E-state index in [0.717, 1.165) is 37.3 Å². The van der Waals surface area contributed by atoms with Crippen molar-refractivity contribution in [3.05, 3.63) is 90.3 Å². The maximum absolute atomic E-state index is 13.8. The van der Waals surface area contributed by atoms with Crippen LogP contribution in [0.15, 0.2) is 83.9 Å². The number of pyridine rings is 1. The van der Waals surface area contributed by atoms with Crippen molar-refractivity contribution in [1.82, 2.24) is 14.2 Å². The summed E-state index contributed by atoms with van der Waals surface area (Å²) in [5, 5.41) is 0. The van der Waals surface area contributed by atoms with Crippen molar-refractivity contribution in [1.29, 1.82) is 0 Å². The molecule has 1 aromatic heterocycles. The first-order valence-corrected chi connectivity index (χ1v) is 12.5. The van der Waals surface area contributed by atoms with Crippen molar-refractivity contribution in [2.24, 2.45) is 0 Å². The maximum atomic E-state index is 13.8. The number of nitrogens with zero attached hydrogens (tertiary/aromatic N) is 3. The van der Waals surface area contributed by atoms with Gasteiger partial charge < -0.3 is 4.74 Å². The van der Waals surface area contributed by atoms with Gasteiger partial charge in [0.1, 0.15) is 16.7 Å². The van der Waals surface area contributed by atoms with Crippen molar-refractivity contribution in [2.45, 2.75) is 43.0 Å². The van der Waals surface area contributed by atoms with Gasteiger partial charge in [-0.15, -0.1) is 0 Å². The summed E-state index contributed by atoms with van der Waals surface area (Å²) in [5.74, 6) is 0.455. The van der Waals surface area contributed by atoms with E-state index in [4.69, 9.17) is 4.74 Å². The second kappa shape index (κ2) is 9.02. The lowest BCUT2D eigenvalue weighted by Gasteiger charge is -2.32. The van der Waals surface area contributed by atoms with E-state index in [-0.39, 0.29) is 17.0 Å². The molecule has 0 bridgehead atoms. The van der Waals surface area contributed by atoms with Gasteiger partial charge in [0.25, 0.3) is 0 Å². The number of aromatic nitrogens is 1. The molecule has 3 aromatic rings. The molecular formula is C25H27N3O3S. The van der Waals surface area contributed by atoms with Crippen LogP contribution in [0.25, 0.3) is 0 Å².